The SMILES string of the molecule is CC[C@@H](C)Oc1cc2c(cc1OC)CC(=O)N(c1ccc(N(C)C)cc1)C2c1ccc(Cl)cc1CNC. The van der Waals surface area contributed by atoms with Gasteiger partial charge in [-0.15, -0.1) is 0 Å². The van der Waals surface area contributed by atoms with E-state index in [0.717, 1.165) is 40.0 Å². The molecule has 4 rings (SSSR count). The monoisotopic (exact) mass is 521 g/mol. The first-order chi connectivity index (χ1) is 17.8. The third-order valence-electron chi connectivity index (χ3n) is 6.90. The van der Waals surface area contributed by atoms with Crippen LogP contribution >= 0.6 is 11.6 Å². The smallest absolute Gasteiger partial charge is 0.232 e. The lowest BCUT2D eigenvalue weighted by molar-refractivity contribution is -0.118. The molecule has 0 saturated heterocycles. The third kappa shape index (κ3) is 5.55. The summed E-state index contributed by atoms with van der Waals surface area (Å²) in [6.07, 6.45) is 1.17. The van der Waals surface area contributed by atoms with Gasteiger partial charge in [0.25, 0.3) is 0 Å². The lowest BCUT2D eigenvalue weighted by Gasteiger charge is -2.39. The van der Waals surface area contributed by atoms with Gasteiger partial charge in [0.1, 0.15) is 0 Å². The van der Waals surface area contributed by atoms with E-state index in [4.69, 9.17) is 21.1 Å². The van der Waals surface area contributed by atoms with Crippen LogP contribution in [0.1, 0.15) is 48.6 Å². The fourth-order valence-electron chi connectivity index (χ4n) is 4.80. The summed E-state index contributed by atoms with van der Waals surface area (Å²) >= 11 is 6.41. The normalized spacial score (nSPS) is 15.8. The number of rotatable bonds is 9. The zero-order chi connectivity index (χ0) is 26.7. The number of nitrogens with one attached hydrogen (secondary N) is 1. The van der Waals surface area contributed by atoms with Crippen molar-refractivity contribution in [1.82, 2.24) is 5.32 Å². The first-order valence-electron chi connectivity index (χ1n) is 12.7. The zero-order valence-corrected chi connectivity index (χ0v) is 23.2. The van der Waals surface area contributed by atoms with Gasteiger partial charge in [0.2, 0.25) is 5.91 Å². The highest BCUT2D eigenvalue weighted by molar-refractivity contribution is 6.30. The Morgan fingerprint density at radius 3 is 2.43 bits per heavy atom. The van der Waals surface area contributed by atoms with Crippen molar-refractivity contribution in [3.8, 4) is 11.5 Å². The van der Waals surface area contributed by atoms with Crippen molar-refractivity contribution < 1.29 is 14.3 Å². The van der Waals surface area contributed by atoms with Crippen molar-refractivity contribution in [3.63, 3.8) is 0 Å². The fraction of sp³-hybridized carbons (Fsp3) is 0.367. The van der Waals surface area contributed by atoms with Gasteiger partial charge in [0.15, 0.2) is 11.5 Å². The molecule has 0 saturated carbocycles. The molecule has 3 aromatic rings. The summed E-state index contributed by atoms with van der Waals surface area (Å²) in [5.41, 5.74) is 5.93. The maximum Gasteiger partial charge on any atom is 0.232 e. The average Bonchev–Trinajstić information content (AvgIpc) is 2.88. The molecule has 3 aromatic carbocycles. The molecule has 1 unspecified atom stereocenters. The molecule has 0 aliphatic carbocycles. The Bertz CT molecular complexity index is 1260. The summed E-state index contributed by atoms with van der Waals surface area (Å²) in [7, 11) is 7.55. The van der Waals surface area contributed by atoms with E-state index >= 15 is 0 Å². The van der Waals surface area contributed by atoms with Crippen molar-refractivity contribution in [3.05, 3.63) is 81.9 Å². The van der Waals surface area contributed by atoms with Gasteiger partial charge < -0.3 is 24.6 Å². The van der Waals surface area contributed by atoms with Crippen LogP contribution in [0.3, 0.4) is 0 Å². The van der Waals surface area contributed by atoms with Gasteiger partial charge >= 0.3 is 0 Å². The van der Waals surface area contributed by atoms with Crippen LogP contribution in [0.15, 0.2) is 54.6 Å². The second-order valence-corrected chi connectivity index (χ2v) is 10.1. The standard InChI is InChI=1S/C30H36ClN3O3/c1-7-19(2)37-28-17-26-20(15-27(28)36-6)16-29(35)34(24-11-9-23(10-12-24)33(4)5)30(26)25-13-8-22(31)14-21(25)18-32-3/h8-15,17,19,30,32H,7,16,18H2,1-6H3/t19-,30?/m1/s1. The number of hydrogen-bond donors (Lipinski definition) is 1. The molecule has 37 heavy (non-hydrogen) atoms. The number of ether oxygens (including phenoxy) is 2. The second kappa shape index (κ2) is 11.4. The van der Waals surface area contributed by atoms with Crippen molar-refractivity contribution >= 4 is 28.9 Å². The van der Waals surface area contributed by atoms with E-state index in [0.29, 0.717) is 23.1 Å². The van der Waals surface area contributed by atoms with Gasteiger partial charge in [0.05, 0.1) is 25.7 Å². The van der Waals surface area contributed by atoms with Crippen molar-refractivity contribution in [2.24, 2.45) is 0 Å². The fourth-order valence-corrected chi connectivity index (χ4v) is 5.00. The predicted octanol–water partition coefficient (Wildman–Crippen LogP) is 5.99. The topological polar surface area (TPSA) is 54.0 Å². The molecule has 1 heterocycles. The molecule has 1 aliphatic heterocycles. The average molecular weight is 522 g/mol. The predicted molar refractivity (Wildman–Crippen MR) is 151 cm³/mol. The van der Waals surface area contributed by atoms with E-state index in [1.54, 1.807) is 7.11 Å². The molecular weight excluding hydrogens is 486 g/mol. The molecule has 1 N–H and O–H groups in total. The molecule has 0 radical (unpaired) electrons. The summed E-state index contributed by atoms with van der Waals surface area (Å²) in [5, 5.41) is 3.91. The maximum absolute atomic E-state index is 13.8. The molecule has 196 valence electrons. The quantitative estimate of drug-likeness (QED) is 0.375. The zero-order valence-electron chi connectivity index (χ0n) is 22.5. The minimum Gasteiger partial charge on any atom is -0.493 e. The summed E-state index contributed by atoms with van der Waals surface area (Å²) < 4.78 is 12.0. The van der Waals surface area contributed by atoms with Crippen LogP contribution in [-0.4, -0.2) is 40.3 Å². The molecule has 0 fully saturated rings. The summed E-state index contributed by atoms with van der Waals surface area (Å²) in [5.74, 6) is 1.35. The number of fused-ring (bicyclic) bond motifs is 1. The number of carbonyl (C=O) groups excluding carboxylic acids is 1. The number of anilines is 2. The van der Waals surface area contributed by atoms with Gasteiger partial charge in [-0.05, 0) is 91.2 Å². The van der Waals surface area contributed by atoms with E-state index < -0.39 is 0 Å². The van der Waals surface area contributed by atoms with Crippen molar-refractivity contribution in [2.75, 3.05) is 38.1 Å². The minimum atomic E-state index is -0.354. The van der Waals surface area contributed by atoms with Crippen LogP contribution in [0.25, 0.3) is 0 Å². The molecule has 0 aromatic heterocycles. The Hall–Kier alpha value is -3.22. The van der Waals surface area contributed by atoms with E-state index in [-0.39, 0.29) is 24.5 Å². The van der Waals surface area contributed by atoms with Crippen molar-refractivity contribution in [2.45, 2.75) is 45.4 Å². The van der Waals surface area contributed by atoms with Gasteiger partial charge in [-0.3, -0.25) is 4.79 Å². The van der Waals surface area contributed by atoms with E-state index in [9.17, 15) is 4.79 Å². The highest BCUT2D eigenvalue weighted by Crippen LogP contribution is 2.45. The number of nitrogens with zero attached hydrogens (tertiary/aromatic N) is 2. The molecular formula is C30H36ClN3O3. The first kappa shape index (κ1) is 26.8. The van der Waals surface area contributed by atoms with Crippen molar-refractivity contribution in [1.29, 1.82) is 0 Å². The summed E-state index contributed by atoms with van der Waals surface area (Å²) in [4.78, 5) is 17.8. The largest absolute Gasteiger partial charge is 0.493 e. The van der Waals surface area contributed by atoms with Crippen LogP contribution in [0, 0.1) is 0 Å². The van der Waals surface area contributed by atoms with Gasteiger partial charge in [-0.1, -0.05) is 24.6 Å². The molecule has 2 atom stereocenters. The number of halogens is 1. The number of methoxy groups -OCH3 is 1. The molecule has 1 amide bonds. The number of amides is 1. The summed E-state index contributed by atoms with van der Waals surface area (Å²) in [6, 6.07) is 17.7. The molecule has 7 heteroatoms. The highest BCUT2D eigenvalue weighted by Gasteiger charge is 2.37. The van der Waals surface area contributed by atoms with Crippen LogP contribution in [0.2, 0.25) is 5.02 Å². The first-order valence-corrected chi connectivity index (χ1v) is 13.0. The minimum absolute atomic E-state index is 0.0260. The van der Waals surface area contributed by atoms with E-state index in [2.05, 4.69) is 18.3 Å². The van der Waals surface area contributed by atoms with E-state index in [1.807, 2.05) is 86.4 Å². The van der Waals surface area contributed by atoms with Crippen LogP contribution in [0.5, 0.6) is 11.5 Å². The van der Waals surface area contributed by atoms with Gasteiger partial charge in [-0.2, -0.15) is 0 Å². The van der Waals surface area contributed by atoms with Gasteiger partial charge in [0, 0.05) is 37.0 Å². The van der Waals surface area contributed by atoms with Gasteiger partial charge in [-0.25, -0.2) is 0 Å². The van der Waals surface area contributed by atoms with Crippen LogP contribution < -0.4 is 24.6 Å². The molecule has 1 aliphatic rings. The lowest BCUT2D eigenvalue weighted by atomic mass is 9.85. The van der Waals surface area contributed by atoms with E-state index in [1.165, 1.54) is 0 Å². The lowest BCUT2D eigenvalue weighted by Crippen LogP contribution is -2.41. The highest BCUT2D eigenvalue weighted by atomic mass is 35.5. The second-order valence-electron chi connectivity index (χ2n) is 9.67. The molecule has 6 nitrogen and oxygen atoms in total. The summed E-state index contributed by atoms with van der Waals surface area (Å²) in [6.45, 7) is 4.76. The maximum atomic E-state index is 13.8. The third-order valence-corrected chi connectivity index (χ3v) is 7.14. The van der Waals surface area contributed by atoms with Crippen LogP contribution in [0.4, 0.5) is 11.4 Å². The Kier molecular flexibility index (Phi) is 8.30. The number of hydrogen-bond acceptors (Lipinski definition) is 5. The van der Waals surface area contributed by atoms with Crippen LogP contribution in [-0.2, 0) is 17.8 Å². The number of benzene rings is 3. The molecule has 0 spiro atoms. The Balaban J connectivity index is 1.95. The molecule has 0 bridgehead atoms. The Labute approximate surface area is 225 Å². The number of carbonyl (C=O) groups is 1. The Morgan fingerprint density at radius 2 is 1.81 bits per heavy atom. The Morgan fingerprint density at radius 1 is 1.08 bits per heavy atom.